The van der Waals surface area contributed by atoms with Crippen LogP contribution < -0.4 is 16.8 Å². The number of rotatable bonds is 6. The van der Waals surface area contributed by atoms with E-state index in [0.717, 1.165) is 11.4 Å². The molecule has 0 radical (unpaired) electrons. The molecule has 0 fully saturated rings. The molecule has 0 aromatic carbocycles. The minimum absolute atomic E-state index is 0.160. The fraction of sp³-hybridized carbons (Fsp3) is 0.545. The van der Waals surface area contributed by atoms with Crippen molar-refractivity contribution in [2.75, 3.05) is 6.54 Å². The first-order valence-corrected chi connectivity index (χ1v) is 6.55. The molecule has 0 aliphatic heterocycles. The number of nitrogens with one attached hydrogen (secondary N) is 1. The van der Waals surface area contributed by atoms with E-state index >= 15 is 0 Å². The van der Waals surface area contributed by atoms with Crippen LogP contribution >= 0.6 is 11.3 Å². The predicted molar refractivity (Wildman–Crippen MR) is 70.0 cm³/mol. The molecular formula is C11H18N4O2S. The van der Waals surface area contributed by atoms with Gasteiger partial charge in [-0.2, -0.15) is 0 Å². The van der Waals surface area contributed by atoms with Crippen LogP contribution in [0.3, 0.4) is 0 Å². The normalized spacial score (nSPS) is 12.4. The van der Waals surface area contributed by atoms with Crippen molar-refractivity contribution in [3.63, 3.8) is 0 Å². The minimum atomic E-state index is -0.588. The third kappa shape index (κ3) is 4.42. The lowest BCUT2D eigenvalue weighted by Crippen LogP contribution is -2.33. The minimum Gasteiger partial charge on any atom is -0.368 e. The molecule has 1 unspecified atom stereocenters. The van der Waals surface area contributed by atoms with Crippen molar-refractivity contribution in [1.29, 1.82) is 0 Å². The van der Waals surface area contributed by atoms with Crippen molar-refractivity contribution < 1.29 is 9.59 Å². The standard InChI is InChI=1S/C11H18N4O2S/c1-6(2)3-7(12)11-15-8(5-18-11)10(17)14-4-9(13)16/h5-7H,3-4,12H2,1-2H3,(H2,13,16)(H,14,17). The van der Waals surface area contributed by atoms with Gasteiger partial charge >= 0.3 is 0 Å². The highest BCUT2D eigenvalue weighted by molar-refractivity contribution is 7.09. The summed E-state index contributed by atoms with van der Waals surface area (Å²) in [6, 6.07) is -0.160. The lowest BCUT2D eigenvalue weighted by Gasteiger charge is -2.10. The monoisotopic (exact) mass is 270 g/mol. The maximum Gasteiger partial charge on any atom is 0.271 e. The summed E-state index contributed by atoms with van der Waals surface area (Å²) in [5, 5.41) is 4.74. The summed E-state index contributed by atoms with van der Waals surface area (Å²) in [5.74, 6) is -0.528. The van der Waals surface area contributed by atoms with Gasteiger partial charge in [0.1, 0.15) is 10.7 Å². The van der Waals surface area contributed by atoms with Crippen molar-refractivity contribution >= 4 is 23.2 Å². The van der Waals surface area contributed by atoms with Crippen molar-refractivity contribution in [1.82, 2.24) is 10.3 Å². The number of aromatic nitrogens is 1. The summed E-state index contributed by atoms with van der Waals surface area (Å²) in [7, 11) is 0. The van der Waals surface area contributed by atoms with Crippen LogP contribution in [0.4, 0.5) is 0 Å². The van der Waals surface area contributed by atoms with Gasteiger partial charge in [-0.15, -0.1) is 11.3 Å². The number of carbonyl (C=O) groups excluding carboxylic acids is 2. The van der Waals surface area contributed by atoms with E-state index in [1.165, 1.54) is 11.3 Å². The Morgan fingerprint density at radius 2 is 2.17 bits per heavy atom. The zero-order valence-electron chi connectivity index (χ0n) is 10.5. The predicted octanol–water partition coefficient (Wildman–Crippen LogP) is 0.404. The number of carbonyl (C=O) groups is 2. The Balaban J connectivity index is 2.62. The largest absolute Gasteiger partial charge is 0.368 e. The molecule has 0 saturated heterocycles. The number of primary amides is 1. The topological polar surface area (TPSA) is 111 Å². The third-order valence-corrected chi connectivity index (χ3v) is 3.20. The molecule has 0 aliphatic carbocycles. The maximum atomic E-state index is 11.6. The molecule has 0 bridgehead atoms. The van der Waals surface area contributed by atoms with E-state index in [-0.39, 0.29) is 18.3 Å². The van der Waals surface area contributed by atoms with Crippen LogP contribution in [-0.4, -0.2) is 23.3 Å². The molecule has 100 valence electrons. The smallest absolute Gasteiger partial charge is 0.271 e. The first kappa shape index (κ1) is 14.6. The van der Waals surface area contributed by atoms with Gasteiger partial charge in [0, 0.05) is 5.38 Å². The van der Waals surface area contributed by atoms with E-state index in [9.17, 15) is 9.59 Å². The molecule has 0 aliphatic rings. The van der Waals surface area contributed by atoms with Gasteiger partial charge in [-0.25, -0.2) is 4.98 Å². The van der Waals surface area contributed by atoms with Gasteiger partial charge in [0.15, 0.2) is 0 Å². The van der Waals surface area contributed by atoms with Crippen LogP contribution in [0.5, 0.6) is 0 Å². The Labute approximate surface area is 110 Å². The van der Waals surface area contributed by atoms with Gasteiger partial charge in [0.25, 0.3) is 5.91 Å². The van der Waals surface area contributed by atoms with E-state index in [4.69, 9.17) is 11.5 Å². The van der Waals surface area contributed by atoms with Gasteiger partial charge in [-0.05, 0) is 12.3 Å². The number of nitrogens with zero attached hydrogens (tertiary/aromatic N) is 1. The Hall–Kier alpha value is -1.47. The van der Waals surface area contributed by atoms with Gasteiger partial charge < -0.3 is 16.8 Å². The van der Waals surface area contributed by atoms with Gasteiger partial charge in [-0.3, -0.25) is 9.59 Å². The third-order valence-electron chi connectivity index (χ3n) is 2.22. The summed E-state index contributed by atoms with van der Waals surface area (Å²) < 4.78 is 0. The van der Waals surface area contributed by atoms with Crippen LogP contribution in [0.15, 0.2) is 5.38 Å². The SMILES string of the molecule is CC(C)CC(N)c1nc(C(=O)NCC(N)=O)cs1. The highest BCUT2D eigenvalue weighted by Gasteiger charge is 2.16. The lowest BCUT2D eigenvalue weighted by molar-refractivity contribution is -0.117. The van der Waals surface area contributed by atoms with E-state index in [1.807, 2.05) is 0 Å². The zero-order chi connectivity index (χ0) is 13.7. The molecule has 0 saturated carbocycles. The van der Waals surface area contributed by atoms with E-state index in [0.29, 0.717) is 5.92 Å². The quantitative estimate of drug-likeness (QED) is 0.694. The Bertz CT molecular complexity index is 430. The fourth-order valence-corrected chi connectivity index (χ4v) is 2.24. The van der Waals surface area contributed by atoms with Crippen molar-refractivity contribution in [3.8, 4) is 0 Å². The second kappa shape index (κ2) is 6.46. The lowest BCUT2D eigenvalue weighted by atomic mass is 10.1. The average molecular weight is 270 g/mol. The van der Waals surface area contributed by atoms with Crippen LogP contribution in [0.25, 0.3) is 0 Å². The van der Waals surface area contributed by atoms with E-state index in [1.54, 1.807) is 5.38 Å². The number of hydrogen-bond donors (Lipinski definition) is 3. The van der Waals surface area contributed by atoms with Crippen molar-refractivity contribution in [2.45, 2.75) is 26.3 Å². The average Bonchev–Trinajstić information content (AvgIpc) is 2.74. The molecule has 7 heteroatoms. The molecule has 1 rings (SSSR count). The van der Waals surface area contributed by atoms with E-state index in [2.05, 4.69) is 24.1 Å². The Morgan fingerprint density at radius 3 is 2.72 bits per heavy atom. The molecule has 6 nitrogen and oxygen atoms in total. The summed E-state index contributed by atoms with van der Waals surface area (Å²) in [5.41, 5.74) is 11.2. The van der Waals surface area contributed by atoms with E-state index < -0.39 is 11.8 Å². The highest BCUT2D eigenvalue weighted by Crippen LogP contribution is 2.22. The Kier molecular flexibility index (Phi) is 5.24. The van der Waals surface area contributed by atoms with Crippen LogP contribution in [-0.2, 0) is 4.79 Å². The number of hydrogen-bond acceptors (Lipinski definition) is 5. The summed E-state index contributed by atoms with van der Waals surface area (Å²) in [6.07, 6.45) is 0.815. The molecule has 1 atom stereocenters. The summed E-state index contributed by atoms with van der Waals surface area (Å²) >= 11 is 1.35. The number of amides is 2. The molecule has 1 heterocycles. The first-order valence-electron chi connectivity index (χ1n) is 5.67. The van der Waals surface area contributed by atoms with Crippen LogP contribution in [0, 0.1) is 5.92 Å². The second-order valence-corrected chi connectivity index (χ2v) is 5.35. The van der Waals surface area contributed by atoms with Gasteiger partial charge in [-0.1, -0.05) is 13.8 Å². The molecule has 0 spiro atoms. The second-order valence-electron chi connectivity index (χ2n) is 4.46. The van der Waals surface area contributed by atoms with Crippen molar-refractivity contribution in [2.24, 2.45) is 17.4 Å². The van der Waals surface area contributed by atoms with Crippen molar-refractivity contribution in [3.05, 3.63) is 16.1 Å². The number of thiazole rings is 1. The van der Waals surface area contributed by atoms with Crippen LogP contribution in [0.1, 0.15) is 41.8 Å². The summed E-state index contributed by atoms with van der Waals surface area (Å²) in [4.78, 5) is 26.3. The molecule has 2 amide bonds. The Morgan fingerprint density at radius 1 is 1.50 bits per heavy atom. The molecule has 1 aromatic heterocycles. The molecular weight excluding hydrogens is 252 g/mol. The first-order chi connectivity index (χ1) is 8.40. The van der Waals surface area contributed by atoms with Gasteiger partial charge in [0.05, 0.1) is 12.6 Å². The summed E-state index contributed by atoms with van der Waals surface area (Å²) in [6.45, 7) is 3.96. The molecule has 18 heavy (non-hydrogen) atoms. The highest BCUT2D eigenvalue weighted by atomic mass is 32.1. The zero-order valence-corrected chi connectivity index (χ0v) is 11.3. The maximum absolute atomic E-state index is 11.6. The molecule has 1 aromatic rings. The fourth-order valence-electron chi connectivity index (χ4n) is 1.43. The van der Waals surface area contributed by atoms with Crippen LogP contribution in [0.2, 0.25) is 0 Å². The molecule has 5 N–H and O–H groups in total. The number of nitrogens with two attached hydrogens (primary N) is 2. The van der Waals surface area contributed by atoms with Gasteiger partial charge in [0.2, 0.25) is 5.91 Å².